The number of carboxylic acids is 1. The standard InChI is InChI=1S/C31H38FN3O5/c1-17-19-11-10-14-39-26(19)22(32)15-20(17)25-21-16-23(29(36)35-12-8-7-9-13-35)34(6)28(21)33-18(2)24(25)27(30(37)38)40-31(3,4)5/h15-16,27H,7-14H2,1-6H3,(H,37,38)/t27-/m0/s1. The highest BCUT2D eigenvalue weighted by Gasteiger charge is 2.35. The lowest BCUT2D eigenvalue weighted by Crippen LogP contribution is -2.36. The molecule has 0 radical (unpaired) electrons. The fourth-order valence-electron chi connectivity index (χ4n) is 6.04. The number of ether oxygens (including phenoxy) is 2. The summed E-state index contributed by atoms with van der Waals surface area (Å²) in [5.74, 6) is -1.49. The zero-order valence-electron chi connectivity index (χ0n) is 24.2. The Morgan fingerprint density at radius 1 is 1.12 bits per heavy atom. The molecule has 4 heterocycles. The van der Waals surface area contributed by atoms with Gasteiger partial charge in [-0.05, 0) is 90.0 Å². The van der Waals surface area contributed by atoms with Crippen LogP contribution in [0.4, 0.5) is 4.39 Å². The second kappa shape index (κ2) is 10.5. The van der Waals surface area contributed by atoms with E-state index in [9.17, 15) is 14.7 Å². The molecule has 40 heavy (non-hydrogen) atoms. The van der Waals surface area contributed by atoms with Crippen LogP contribution < -0.4 is 4.74 Å². The first-order chi connectivity index (χ1) is 18.9. The maximum Gasteiger partial charge on any atom is 0.337 e. The molecule has 0 unspecified atom stereocenters. The number of pyridine rings is 1. The predicted octanol–water partition coefficient (Wildman–Crippen LogP) is 5.89. The SMILES string of the molecule is Cc1nc2c(cc(C(=O)N3CCCCC3)n2C)c(-c2cc(F)c3c(c2C)CCCO3)c1[C@H](OC(C)(C)C)C(=O)O. The van der Waals surface area contributed by atoms with E-state index in [0.717, 1.165) is 36.8 Å². The number of hydrogen-bond donors (Lipinski definition) is 1. The lowest BCUT2D eigenvalue weighted by molar-refractivity contribution is -0.160. The molecule has 0 bridgehead atoms. The van der Waals surface area contributed by atoms with Crippen LogP contribution in [0.5, 0.6) is 5.75 Å². The minimum Gasteiger partial charge on any atom is -0.490 e. The van der Waals surface area contributed by atoms with Crippen molar-refractivity contribution in [3.63, 3.8) is 0 Å². The first-order valence-electron chi connectivity index (χ1n) is 14.0. The van der Waals surface area contributed by atoms with Gasteiger partial charge in [0, 0.05) is 47.9 Å². The second-order valence-corrected chi connectivity index (χ2v) is 11.9. The normalized spacial score (nSPS) is 16.5. The molecule has 214 valence electrons. The minimum atomic E-state index is -1.36. The summed E-state index contributed by atoms with van der Waals surface area (Å²) in [6.45, 7) is 10.9. The van der Waals surface area contributed by atoms with Crippen LogP contribution in [-0.2, 0) is 23.0 Å². The van der Waals surface area contributed by atoms with Crippen LogP contribution in [0.1, 0.15) is 85.4 Å². The Balaban J connectivity index is 1.83. The number of rotatable bonds is 5. The molecule has 3 aromatic rings. The van der Waals surface area contributed by atoms with E-state index in [4.69, 9.17) is 14.5 Å². The Hall–Kier alpha value is -3.46. The number of benzene rings is 1. The number of likely N-dealkylation sites (tertiary alicyclic amines) is 1. The minimum absolute atomic E-state index is 0.0900. The van der Waals surface area contributed by atoms with E-state index < -0.39 is 23.5 Å². The molecule has 1 fully saturated rings. The molecule has 9 heteroatoms. The molecule has 2 aliphatic heterocycles. The fraction of sp³-hybridized carbons (Fsp3) is 0.516. The molecule has 0 spiro atoms. The maximum absolute atomic E-state index is 15.6. The molecule has 1 saturated heterocycles. The van der Waals surface area contributed by atoms with E-state index in [1.54, 1.807) is 45.4 Å². The van der Waals surface area contributed by atoms with Gasteiger partial charge in [0.05, 0.1) is 12.2 Å². The van der Waals surface area contributed by atoms with Crippen LogP contribution in [0.3, 0.4) is 0 Å². The van der Waals surface area contributed by atoms with Crippen LogP contribution in [0.15, 0.2) is 12.1 Å². The quantitative estimate of drug-likeness (QED) is 0.425. The Morgan fingerprint density at radius 2 is 1.82 bits per heavy atom. The molecule has 2 aromatic heterocycles. The Kier molecular flexibility index (Phi) is 7.37. The number of carbonyl (C=O) groups is 2. The van der Waals surface area contributed by atoms with Gasteiger partial charge in [0.1, 0.15) is 11.3 Å². The lowest BCUT2D eigenvalue weighted by Gasteiger charge is -2.29. The fourth-order valence-corrected chi connectivity index (χ4v) is 6.04. The number of nitrogens with zero attached hydrogens (tertiary/aromatic N) is 3. The van der Waals surface area contributed by atoms with Crippen LogP contribution >= 0.6 is 0 Å². The molecule has 0 aliphatic carbocycles. The number of halogens is 1. The van der Waals surface area contributed by atoms with Crippen molar-refractivity contribution < 1.29 is 28.6 Å². The van der Waals surface area contributed by atoms with Crippen molar-refractivity contribution in [2.45, 2.75) is 78.4 Å². The Bertz CT molecular complexity index is 1500. The molecule has 1 N–H and O–H groups in total. The van der Waals surface area contributed by atoms with E-state index in [1.165, 1.54) is 6.07 Å². The summed E-state index contributed by atoms with van der Waals surface area (Å²) in [6.07, 6.45) is 3.08. The second-order valence-electron chi connectivity index (χ2n) is 11.9. The predicted molar refractivity (Wildman–Crippen MR) is 150 cm³/mol. The van der Waals surface area contributed by atoms with E-state index >= 15 is 4.39 Å². The van der Waals surface area contributed by atoms with Gasteiger partial charge in [-0.15, -0.1) is 0 Å². The van der Waals surface area contributed by atoms with Crippen LogP contribution in [0.2, 0.25) is 0 Å². The molecule has 5 rings (SSSR count). The zero-order chi connectivity index (χ0) is 28.9. The third kappa shape index (κ3) is 4.96. The number of carbonyl (C=O) groups excluding carboxylic acids is 1. The van der Waals surface area contributed by atoms with Gasteiger partial charge in [-0.25, -0.2) is 14.2 Å². The van der Waals surface area contributed by atoms with Gasteiger partial charge in [-0.1, -0.05) is 0 Å². The number of amides is 1. The highest BCUT2D eigenvalue weighted by Crippen LogP contribution is 2.45. The van der Waals surface area contributed by atoms with Crippen LogP contribution in [0, 0.1) is 19.7 Å². The third-order valence-electron chi connectivity index (χ3n) is 7.93. The molecule has 1 aromatic carbocycles. The van der Waals surface area contributed by atoms with Gasteiger partial charge in [0.15, 0.2) is 17.7 Å². The van der Waals surface area contributed by atoms with Crippen molar-refractivity contribution in [1.29, 1.82) is 0 Å². The molecule has 0 saturated carbocycles. The van der Waals surface area contributed by atoms with Gasteiger partial charge in [-0.3, -0.25) is 4.79 Å². The monoisotopic (exact) mass is 551 g/mol. The van der Waals surface area contributed by atoms with E-state index in [1.807, 2.05) is 11.8 Å². The summed E-state index contributed by atoms with van der Waals surface area (Å²) < 4.78 is 29.1. The number of carboxylic acid groups (broad SMARTS) is 1. The highest BCUT2D eigenvalue weighted by atomic mass is 19.1. The van der Waals surface area contributed by atoms with Gasteiger partial charge in [0.2, 0.25) is 0 Å². The number of aryl methyl sites for hydroxylation is 2. The number of aromatic nitrogens is 2. The summed E-state index contributed by atoms with van der Waals surface area (Å²) in [5, 5.41) is 11.0. The number of fused-ring (bicyclic) bond motifs is 2. The van der Waals surface area contributed by atoms with Gasteiger partial charge >= 0.3 is 5.97 Å². The van der Waals surface area contributed by atoms with Crippen molar-refractivity contribution in [3.05, 3.63) is 46.0 Å². The molecule has 8 nitrogen and oxygen atoms in total. The van der Waals surface area contributed by atoms with E-state index in [2.05, 4.69) is 0 Å². The molecule has 1 atom stereocenters. The van der Waals surface area contributed by atoms with Crippen molar-refractivity contribution in [2.75, 3.05) is 19.7 Å². The molecular weight excluding hydrogens is 513 g/mol. The first kappa shape index (κ1) is 28.1. The number of aliphatic carboxylic acids is 1. The van der Waals surface area contributed by atoms with E-state index in [0.29, 0.717) is 65.2 Å². The van der Waals surface area contributed by atoms with Crippen LogP contribution in [-0.4, -0.2) is 56.7 Å². The van der Waals surface area contributed by atoms with Gasteiger partial charge in [0.25, 0.3) is 5.91 Å². The average Bonchev–Trinajstić information content (AvgIpc) is 3.24. The molecule has 1 amide bonds. The molecular formula is C31H38FN3O5. The largest absolute Gasteiger partial charge is 0.490 e. The first-order valence-corrected chi connectivity index (χ1v) is 14.0. The number of piperidine rings is 1. The zero-order valence-corrected chi connectivity index (χ0v) is 24.2. The smallest absolute Gasteiger partial charge is 0.337 e. The van der Waals surface area contributed by atoms with Gasteiger partial charge < -0.3 is 24.0 Å². The average molecular weight is 552 g/mol. The third-order valence-corrected chi connectivity index (χ3v) is 7.93. The Morgan fingerprint density at radius 3 is 2.48 bits per heavy atom. The summed E-state index contributed by atoms with van der Waals surface area (Å²) in [4.78, 5) is 33.0. The lowest BCUT2D eigenvalue weighted by atomic mass is 9.86. The van der Waals surface area contributed by atoms with Crippen molar-refractivity contribution >= 4 is 22.9 Å². The van der Waals surface area contributed by atoms with Crippen molar-refractivity contribution in [2.24, 2.45) is 7.05 Å². The van der Waals surface area contributed by atoms with Gasteiger partial charge in [-0.2, -0.15) is 0 Å². The summed E-state index contributed by atoms with van der Waals surface area (Å²) in [5.41, 5.74) is 3.70. The summed E-state index contributed by atoms with van der Waals surface area (Å²) in [7, 11) is 1.80. The Labute approximate surface area is 234 Å². The topological polar surface area (TPSA) is 93.9 Å². The van der Waals surface area contributed by atoms with E-state index in [-0.39, 0.29) is 11.7 Å². The van der Waals surface area contributed by atoms with Crippen LogP contribution in [0.25, 0.3) is 22.2 Å². The summed E-state index contributed by atoms with van der Waals surface area (Å²) >= 11 is 0. The molecule has 2 aliphatic rings. The van der Waals surface area contributed by atoms with Crippen molar-refractivity contribution in [3.8, 4) is 16.9 Å². The highest BCUT2D eigenvalue weighted by molar-refractivity contribution is 6.04. The maximum atomic E-state index is 15.6. The number of hydrogen-bond acceptors (Lipinski definition) is 5. The summed E-state index contributed by atoms with van der Waals surface area (Å²) in [6, 6.07) is 3.20. The van der Waals surface area contributed by atoms with Crippen molar-refractivity contribution in [1.82, 2.24) is 14.5 Å².